The van der Waals surface area contributed by atoms with E-state index in [-0.39, 0.29) is 24.2 Å². The van der Waals surface area contributed by atoms with Crippen LogP contribution in [0, 0.1) is 11.3 Å². The second-order valence-corrected chi connectivity index (χ2v) is 11.2. The minimum Gasteiger partial charge on any atom is -0.391 e. The van der Waals surface area contributed by atoms with Crippen molar-refractivity contribution >= 4 is 23.6 Å². The SMILES string of the molecule is CC(O)C(C)Nc1nc(N[C@H]2CC[C@H](N(C(=O)NCc3ccccc3)c3ccc(-c4cnn(C)c4)cn3)CC2)ncc1C#N. The number of hydrogen-bond acceptors (Lipinski definition) is 9. The lowest BCUT2D eigenvalue weighted by Gasteiger charge is -2.36. The first-order valence-electron chi connectivity index (χ1n) is 14.8. The largest absolute Gasteiger partial charge is 0.391 e. The Morgan fingerprint density at radius 1 is 1.07 bits per heavy atom. The van der Waals surface area contributed by atoms with Gasteiger partial charge in [0.1, 0.15) is 23.3 Å². The maximum Gasteiger partial charge on any atom is 0.323 e. The first-order valence-corrected chi connectivity index (χ1v) is 14.8. The van der Waals surface area contributed by atoms with Gasteiger partial charge in [0.05, 0.1) is 24.5 Å². The van der Waals surface area contributed by atoms with Gasteiger partial charge in [-0.1, -0.05) is 30.3 Å². The average Bonchev–Trinajstić information content (AvgIpc) is 3.48. The van der Waals surface area contributed by atoms with Crippen molar-refractivity contribution in [2.45, 2.75) is 70.3 Å². The summed E-state index contributed by atoms with van der Waals surface area (Å²) in [6, 6.07) is 15.4. The number of nitrogens with one attached hydrogen (secondary N) is 3. The molecule has 1 aromatic carbocycles. The van der Waals surface area contributed by atoms with Crippen LogP contribution in [0.25, 0.3) is 11.1 Å². The van der Waals surface area contributed by atoms with E-state index in [1.807, 2.05) is 62.6 Å². The number of aryl methyl sites for hydroxylation is 1. The first-order chi connectivity index (χ1) is 21.3. The maximum atomic E-state index is 13.7. The Labute approximate surface area is 257 Å². The fourth-order valence-corrected chi connectivity index (χ4v) is 5.23. The molecule has 2 amide bonds. The molecule has 3 aromatic heterocycles. The third-order valence-corrected chi connectivity index (χ3v) is 7.93. The third-order valence-electron chi connectivity index (χ3n) is 7.93. The van der Waals surface area contributed by atoms with Crippen LogP contribution in [0.15, 0.2) is 67.3 Å². The lowest BCUT2D eigenvalue weighted by molar-refractivity contribution is 0.177. The Kier molecular flexibility index (Phi) is 9.66. The molecule has 2 atom stereocenters. The number of rotatable bonds is 10. The summed E-state index contributed by atoms with van der Waals surface area (Å²) in [6.45, 7) is 3.92. The predicted octanol–water partition coefficient (Wildman–Crippen LogP) is 4.46. The van der Waals surface area contributed by atoms with Crippen molar-refractivity contribution < 1.29 is 9.90 Å². The molecule has 0 bridgehead atoms. The summed E-state index contributed by atoms with van der Waals surface area (Å²) in [5.74, 6) is 1.39. The molecule has 0 radical (unpaired) electrons. The molecule has 4 N–H and O–H groups in total. The van der Waals surface area contributed by atoms with Gasteiger partial charge in [0.15, 0.2) is 0 Å². The molecule has 0 aliphatic heterocycles. The van der Waals surface area contributed by atoms with Gasteiger partial charge in [0.2, 0.25) is 5.95 Å². The second-order valence-electron chi connectivity index (χ2n) is 11.2. The van der Waals surface area contributed by atoms with Gasteiger partial charge >= 0.3 is 6.03 Å². The van der Waals surface area contributed by atoms with E-state index in [9.17, 15) is 15.2 Å². The van der Waals surface area contributed by atoms with Crippen LogP contribution >= 0.6 is 0 Å². The Morgan fingerprint density at radius 3 is 2.48 bits per heavy atom. The van der Waals surface area contributed by atoms with Gasteiger partial charge in [0.25, 0.3) is 0 Å². The number of aromatic nitrogens is 5. The highest BCUT2D eigenvalue weighted by Gasteiger charge is 2.31. The molecule has 1 aliphatic rings. The van der Waals surface area contributed by atoms with E-state index in [4.69, 9.17) is 4.98 Å². The van der Waals surface area contributed by atoms with E-state index >= 15 is 0 Å². The first kappa shape index (κ1) is 30.4. The number of hydrogen-bond donors (Lipinski definition) is 4. The van der Waals surface area contributed by atoms with E-state index in [1.54, 1.807) is 28.9 Å². The van der Waals surface area contributed by atoms with E-state index in [1.165, 1.54) is 6.20 Å². The number of benzene rings is 1. The molecular weight excluding hydrogens is 556 g/mol. The van der Waals surface area contributed by atoms with Crippen molar-refractivity contribution in [3.8, 4) is 17.2 Å². The highest BCUT2D eigenvalue weighted by Crippen LogP contribution is 2.30. The van der Waals surface area contributed by atoms with Crippen LogP contribution in [-0.2, 0) is 13.6 Å². The van der Waals surface area contributed by atoms with Crippen LogP contribution in [0.5, 0.6) is 0 Å². The molecule has 4 aromatic rings. The highest BCUT2D eigenvalue weighted by atomic mass is 16.3. The molecule has 3 heterocycles. The molecule has 12 heteroatoms. The Bertz CT molecular complexity index is 1570. The number of nitrogens with zero attached hydrogens (tertiary/aromatic N) is 7. The average molecular weight is 595 g/mol. The highest BCUT2D eigenvalue weighted by molar-refractivity contribution is 5.91. The van der Waals surface area contributed by atoms with Gasteiger partial charge in [-0.05, 0) is 57.2 Å². The molecule has 12 nitrogen and oxygen atoms in total. The monoisotopic (exact) mass is 594 g/mol. The van der Waals surface area contributed by atoms with Crippen LogP contribution in [-0.4, -0.2) is 60.1 Å². The number of aliphatic hydroxyl groups is 1. The number of urea groups is 1. The Hall–Kier alpha value is -5.02. The number of carbonyl (C=O) groups is 1. The Morgan fingerprint density at radius 2 is 1.84 bits per heavy atom. The zero-order chi connectivity index (χ0) is 31.1. The smallest absolute Gasteiger partial charge is 0.323 e. The van der Waals surface area contributed by atoms with Gasteiger partial charge in [-0.15, -0.1) is 0 Å². The van der Waals surface area contributed by atoms with Crippen molar-refractivity contribution in [2.75, 3.05) is 15.5 Å². The zero-order valence-corrected chi connectivity index (χ0v) is 25.2. The van der Waals surface area contributed by atoms with E-state index in [0.29, 0.717) is 29.7 Å². The summed E-state index contributed by atoms with van der Waals surface area (Å²) >= 11 is 0. The molecular formula is C32H38N10O2. The van der Waals surface area contributed by atoms with Crippen LogP contribution < -0.4 is 20.9 Å². The van der Waals surface area contributed by atoms with E-state index < -0.39 is 6.10 Å². The molecule has 228 valence electrons. The Balaban J connectivity index is 1.28. The maximum absolute atomic E-state index is 13.7. The van der Waals surface area contributed by atoms with Gasteiger partial charge in [-0.25, -0.2) is 14.8 Å². The summed E-state index contributed by atoms with van der Waals surface area (Å²) in [7, 11) is 1.87. The number of aliphatic hydroxyl groups excluding tert-OH is 1. The number of carbonyl (C=O) groups excluding carboxylic acids is 1. The molecule has 0 saturated heterocycles. The third kappa shape index (κ3) is 7.48. The van der Waals surface area contributed by atoms with Crippen molar-refractivity contribution in [1.82, 2.24) is 30.0 Å². The summed E-state index contributed by atoms with van der Waals surface area (Å²) in [5.41, 5.74) is 3.22. The molecule has 44 heavy (non-hydrogen) atoms. The van der Waals surface area contributed by atoms with Gasteiger partial charge in [-0.3, -0.25) is 9.58 Å². The van der Waals surface area contributed by atoms with Crippen LogP contribution in [0.1, 0.15) is 50.7 Å². The zero-order valence-electron chi connectivity index (χ0n) is 25.2. The molecule has 5 rings (SSSR count). The molecule has 2 unspecified atom stereocenters. The number of pyridine rings is 1. The molecule has 1 fully saturated rings. The van der Waals surface area contributed by atoms with E-state index in [0.717, 1.165) is 42.4 Å². The van der Waals surface area contributed by atoms with Crippen LogP contribution in [0.4, 0.5) is 22.4 Å². The van der Waals surface area contributed by atoms with Gasteiger partial charge in [0, 0.05) is 49.2 Å². The standard InChI is InChI=1S/C32H38N10O2/c1-21(22(2)43)38-30-25(15-33)18-35-31(40-30)39-27-10-12-28(13-11-27)42(32(44)36-16-23-7-5-4-6-8-23)29-14-9-24(17-34-29)26-19-37-41(3)20-26/h4-9,14,17-22,27-28,43H,10-13,16H2,1-3H3,(H,36,44)(H2,35,38,39,40)/t21?,22?,27-,28-. The van der Waals surface area contributed by atoms with Crippen molar-refractivity contribution in [3.63, 3.8) is 0 Å². The number of anilines is 3. The quantitative estimate of drug-likeness (QED) is 0.208. The molecule has 1 saturated carbocycles. The summed E-state index contributed by atoms with van der Waals surface area (Å²) in [5, 5.41) is 33.2. The van der Waals surface area contributed by atoms with Gasteiger partial charge < -0.3 is 21.1 Å². The fourth-order valence-electron chi connectivity index (χ4n) is 5.23. The topological polar surface area (TPSA) is 157 Å². The predicted molar refractivity (Wildman–Crippen MR) is 169 cm³/mol. The molecule has 0 spiro atoms. The summed E-state index contributed by atoms with van der Waals surface area (Å²) in [6.07, 6.45) is 9.46. The lowest BCUT2D eigenvalue weighted by Crippen LogP contribution is -2.49. The summed E-state index contributed by atoms with van der Waals surface area (Å²) in [4.78, 5) is 29.0. The second kappa shape index (κ2) is 14.0. The lowest BCUT2D eigenvalue weighted by atomic mass is 9.90. The normalized spacial score (nSPS) is 17.6. The van der Waals surface area contributed by atoms with Gasteiger partial charge in [-0.2, -0.15) is 15.3 Å². The van der Waals surface area contributed by atoms with Crippen LogP contribution in [0.2, 0.25) is 0 Å². The van der Waals surface area contributed by atoms with Crippen LogP contribution in [0.3, 0.4) is 0 Å². The van der Waals surface area contributed by atoms with Crippen molar-refractivity contribution in [1.29, 1.82) is 5.26 Å². The fraction of sp³-hybridized carbons (Fsp3) is 0.375. The minimum atomic E-state index is -0.614. The van der Waals surface area contributed by atoms with Crippen molar-refractivity contribution in [3.05, 3.63) is 78.4 Å². The summed E-state index contributed by atoms with van der Waals surface area (Å²) < 4.78 is 1.75. The number of amides is 2. The number of nitriles is 1. The van der Waals surface area contributed by atoms with E-state index in [2.05, 4.69) is 37.1 Å². The molecule has 1 aliphatic carbocycles. The van der Waals surface area contributed by atoms with Crippen molar-refractivity contribution in [2.24, 2.45) is 7.05 Å². The minimum absolute atomic E-state index is 0.0495.